The van der Waals surface area contributed by atoms with Crippen molar-refractivity contribution in [2.24, 2.45) is 0 Å². The summed E-state index contributed by atoms with van der Waals surface area (Å²) in [5.41, 5.74) is 4.50. The molecular formula is C44H36IrN2O6-2. The van der Waals surface area contributed by atoms with E-state index in [0.717, 1.165) is 28.1 Å². The number of ether oxygens (including phenoxy) is 4. The summed E-state index contributed by atoms with van der Waals surface area (Å²) in [6, 6.07) is 44.4. The van der Waals surface area contributed by atoms with Crippen molar-refractivity contribution in [2.45, 2.75) is 19.3 Å². The average molecular weight is 881 g/mol. The van der Waals surface area contributed by atoms with Gasteiger partial charge in [0.25, 0.3) is 0 Å². The summed E-state index contributed by atoms with van der Waals surface area (Å²) in [7, 11) is 3.10. The fourth-order valence-corrected chi connectivity index (χ4v) is 5.66. The molecule has 7 aromatic rings. The summed E-state index contributed by atoms with van der Waals surface area (Å²) in [5.74, 6) is 1.29. The fraction of sp³-hybridized carbons (Fsp3) is 0.114. The minimum atomic E-state index is -0.935. The van der Waals surface area contributed by atoms with Crippen LogP contribution in [0.3, 0.4) is 0 Å². The molecule has 1 radical (unpaired) electrons. The molecule has 0 aliphatic rings. The van der Waals surface area contributed by atoms with Crippen LogP contribution in [0.5, 0.6) is 23.0 Å². The predicted molar refractivity (Wildman–Crippen MR) is 200 cm³/mol. The summed E-state index contributed by atoms with van der Waals surface area (Å²) in [6.45, 7) is 4.23. The largest absolute Gasteiger partial charge is 0.661 e. The second-order valence-electron chi connectivity index (χ2n) is 12.2. The molecule has 7 rings (SSSR count). The zero-order chi connectivity index (χ0) is 36.5. The first-order valence-electron chi connectivity index (χ1n) is 16.5. The third-order valence-electron chi connectivity index (χ3n) is 8.59. The van der Waals surface area contributed by atoms with Gasteiger partial charge in [-0.2, -0.15) is 6.20 Å². The molecule has 0 saturated carbocycles. The molecule has 269 valence electrons. The zero-order valence-corrected chi connectivity index (χ0v) is 31.9. The number of pyridine rings is 1. The molecule has 2 heterocycles. The van der Waals surface area contributed by atoms with E-state index >= 15 is 0 Å². The molecule has 0 spiro atoms. The third-order valence-corrected chi connectivity index (χ3v) is 8.59. The van der Waals surface area contributed by atoms with Gasteiger partial charge in [0.15, 0.2) is 5.78 Å². The molecule has 0 aliphatic carbocycles. The zero-order valence-electron chi connectivity index (χ0n) is 29.5. The number of hydrogen-bond acceptors (Lipinski definition) is 7. The van der Waals surface area contributed by atoms with Gasteiger partial charge in [0.2, 0.25) is 0 Å². The first-order valence-corrected chi connectivity index (χ1v) is 16.5. The second-order valence-corrected chi connectivity index (χ2v) is 12.2. The van der Waals surface area contributed by atoms with Gasteiger partial charge >= 0.3 is 6.16 Å². The minimum absolute atomic E-state index is 0. The topological polar surface area (TPSA) is 98.0 Å². The Hall–Kier alpha value is -6.02. The van der Waals surface area contributed by atoms with Crippen LogP contribution >= 0.6 is 0 Å². The number of methoxy groups -OCH3 is 2. The van der Waals surface area contributed by atoms with Crippen molar-refractivity contribution in [3.8, 4) is 34.3 Å². The second kappa shape index (κ2) is 17.5. The molecule has 9 heteroatoms. The van der Waals surface area contributed by atoms with Crippen molar-refractivity contribution in [2.75, 3.05) is 14.2 Å². The summed E-state index contributed by atoms with van der Waals surface area (Å²) in [4.78, 5) is 33.6. The molecule has 0 atom stereocenters. The van der Waals surface area contributed by atoms with Gasteiger partial charge in [-0.15, -0.1) is 35.9 Å². The average Bonchev–Trinajstić information content (AvgIpc) is 3.73. The Labute approximate surface area is 322 Å². The number of ketones is 1. The molecule has 0 bridgehead atoms. The van der Waals surface area contributed by atoms with Crippen LogP contribution < -0.4 is 23.9 Å². The van der Waals surface area contributed by atoms with Crippen LogP contribution in [0.4, 0.5) is 4.79 Å². The summed E-state index contributed by atoms with van der Waals surface area (Å²) in [6.07, 6.45) is 2.44. The van der Waals surface area contributed by atoms with E-state index in [2.05, 4.69) is 42.0 Å². The number of rotatable bonds is 9. The van der Waals surface area contributed by atoms with E-state index in [1.807, 2.05) is 85.1 Å². The molecule has 0 aliphatic heterocycles. The van der Waals surface area contributed by atoms with Gasteiger partial charge in [0.1, 0.15) is 23.0 Å². The van der Waals surface area contributed by atoms with E-state index in [-0.39, 0.29) is 48.3 Å². The molecule has 5 aromatic carbocycles. The monoisotopic (exact) mass is 881 g/mol. The van der Waals surface area contributed by atoms with Crippen LogP contribution in [0.15, 0.2) is 146 Å². The molecule has 0 N–H and O–H groups in total. The van der Waals surface area contributed by atoms with E-state index in [1.165, 1.54) is 36.2 Å². The van der Waals surface area contributed by atoms with Crippen LogP contribution in [0.25, 0.3) is 22.0 Å². The van der Waals surface area contributed by atoms with E-state index < -0.39 is 6.16 Å². The predicted octanol–water partition coefficient (Wildman–Crippen LogP) is 9.50. The van der Waals surface area contributed by atoms with Crippen LogP contribution in [-0.4, -0.2) is 31.1 Å². The first-order chi connectivity index (χ1) is 25.2. The van der Waals surface area contributed by atoms with Gasteiger partial charge in [-0.1, -0.05) is 80.2 Å². The summed E-state index contributed by atoms with van der Waals surface area (Å²) in [5, 5.41) is 2.39. The van der Waals surface area contributed by atoms with Crippen molar-refractivity contribution in [3.05, 3.63) is 174 Å². The number of carbonyl (C=O) groups excluding carboxylic acids is 2. The summed E-state index contributed by atoms with van der Waals surface area (Å²) >= 11 is 0. The summed E-state index contributed by atoms with van der Waals surface area (Å²) < 4.78 is 21.2. The van der Waals surface area contributed by atoms with Gasteiger partial charge in [-0.3, -0.25) is 4.79 Å². The minimum Gasteiger partial charge on any atom is -0.661 e. The standard InChI is InChI=1S/C29H27NO6.C15H10N.Ir/c1-29(2,20-7-11-22(33-3)12-8-20)21-9-13-23(14-10-21)35-28(32)36-25-17-19(16-24(18-25)34-4)27(31)26-6-5-15-30-26;1-2-7-13(8-3-1)15-14-9-5-4-6-12(14)10-11-16-15;/h5-18H,1-4H3,(H,30,31);1-7,9-11H;/q;-1;/p-1. The Balaban J connectivity index is 0.000000264. The fourth-order valence-electron chi connectivity index (χ4n) is 5.66. The van der Waals surface area contributed by atoms with E-state index in [9.17, 15) is 9.59 Å². The normalized spacial score (nSPS) is 10.6. The number of hydrogen-bond donors (Lipinski definition) is 0. The molecule has 53 heavy (non-hydrogen) atoms. The van der Waals surface area contributed by atoms with Crippen LogP contribution in [-0.2, 0) is 25.5 Å². The Bertz CT molecular complexity index is 2270. The smallest absolute Gasteiger partial charge is 0.519 e. The van der Waals surface area contributed by atoms with Crippen molar-refractivity contribution >= 4 is 22.7 Å². The van der Waals surface area contributed by atoms with Gasteiger partial charge in [-0.05, 0) is 70.1 Å². The SMILES string of the molecule is COc1ccc(C(C)(C)c2ccc(OC(=O)Oc3cc(OC)cc(C(=O)c4ccc[n-]4)c3)cc2)cc1.[Ir].[c-]1ccccc1-c1nccc2ccccc12. The number of carbonyl (C=O) groups is 2. The Kier molecular flexibility index (Phi) is 12.6. The van der Waals surface area contributed by atoms with E-state index in [0.29, 0.717) is 11.5 Å². The van der Waals surface area contributed by atoms with Crippen molar-refractivity contribution < 1.29 is 48.6 Å². The maximum Gasteiger partial charge on any atom is 0.519 e. The molecular weight excluding hydrogens is 845 g/mol. The number of benzene rings is 5. The molecule has 0 fully saturated rings. The molecule has 2 aromatic heterocycles. The van der Waals surface area contributed by atoms with E-state index in [4.69, 9.17) is 18.9 Å². The van der Waals surface area contributed by atoms with Crippen LogP contribution in [0.2, 0.25) is 0 Å². The van der Waals surface area contributed by atoms with E-state index in [1.54, 1.807) is 37.4 Å². The molecule has 8 nitrogen and oxygen atoms in total. The Morgan fingerprint density at radius 1 is 0.679 bits per heavy atom. The molecule has 0 unspecified atom stereocenters. The van der Waals surface area contributed by atoms with Crippen molar-refractivity contribution in [1.29, 1.82) is 0 Å². The number of aromatic nitrogens is 2. The number of fused-ring (bicyclic) bond motifs is 1. The van der Waals surface area contributed by atoms with Crippen molar-refractivity contribution in [3.63, 3.8) is 0 Å². The first kappa shape index (κ1) is 38.2. The number of nitrogens with zero attached hydrogens (tertiary/aromatic N) is 2. The van der Waals surface area contributed by atoms with Gasteiger partial charge in [-0.25, -0.2) is 4.79 Å². The van der Waals surface area contributed by atoms with Crippen molar-refractivity contribution in [1.82, 2.24) is 9.97 Å². The molecule has 0 saturated heterocycles. The van der Waals surface area contributed by atoms with Crippen LogP contribution in [0.1, 0.15) is 41.0 Å². The van der Waals surface area contributed by atoms with Gasteiger partial charge in [0, 0.05) is 43.3 Å². The Morgan fingerprint density at radius 3 is 1.96 bits per heavy atom. The van der Waals surface area contributed by atoms with Crippen LogP contribution in [0, 0.1) is 6.07 Å². The maximum atomic E-state index is 12.7. The van der Waals surface area contributed by atoms with Gasteiger partial charge < -0.3 is 28.9 Å². The third kappa shape index (κ3) is 9.26. The van der Waals surface area contributed by atoms with Gasteiger partial charge in [0.05, 0.1) is 14.2 Å². The molecule has 0 amide bonds. The quantitative estimate of drug-likeness (QED) is 0.0613. The Morgan fingerprint density at radius 2 is 1.32 bits per heavy atom. The maximum absolute atomic E-state index is 12.7.